The molecule has 2 rings (SSSR count). The monoisotopic (exact) mass is 297 g/mol. The van der Waals surface area contributed by atoms with Crippen LogP contribution in [0.5, 0.6) is 5.75 Å². The molecule has 0 amide bonds. The molecule has 5 heteroatoms. The lowest BCUT2D eigenvalue weighted by atomic mass is 10.2. The predicted molar refractivity (Wildman–Crippen MR) is 80.9 cm³/mol. The summed E-state index contributed by atoms with van der Waals surface area (Å²) in [5, 5.41) is 4.68. The highest BCUT2D eigenvalue weighted by Gasteiger charge is 2.10. The summed E-state index contributed by atoms with van der Waals surface area (Å²) in [6.45, 7) is 0.576. The van der Waals surface area contributed by atoms with E-state index in [4.69, 9.17) is 34.3 Å². The van der Waals surface area contributed by atoms with Gasteiger partial charge >= 0.3 is 0 Å². The van der Waals surface area contributed by atoms with Crippen LogP contribution in [0.2, 0.25) is 5.02 Å². The Kier molecular flexibility index (Phi) is 4.58. The summed E-state index contributed by atoms with van der Waals surface area (Å²) in [6.07, 6.45) is 0.854. The minimum atomic E-state index is 0.256. The fraction of sp³-hybridized carbons (Fsp3) is 0.154. The molecule has 1 aromatic heterocycles. The van der Waals surface area contributed by atoms with E-state index in [0.717, 1.165) is 6.42 Å². The van der Waals surface area contributed by atoms with Crippen LogP contribution >= 0.6 is 35.2 Å². The van der Waals surface area contributed by atoms with Gasteiger partial charge in [-0.3, -0.25) is 0 Å². The SMILES string of the molecule is NC(=S)c1c(Cl)cccc1OCCc1ccsc1. The van der Waals surface area contributed by atoms with E-state index >= 15 is 0 Å². The van der Waals surface area contributed by atoms with Gasteiger partial charge in [-0.15, -0.1) is 0 Å². The third kappa shape index (κ3) is 3.22. The summed E-state index contributed by atoms with van der Waals surface area (Å²) in [7, 11) is 0. The van der Waals surface area contributed by atoms with Crippen LogP contribution in [0, 0.1) is 0 Å². The largest absolute Gasteiger partial charge is 0.492 e. The van der Waals surface area contributed by atoms with E-state index in [1.165, 1.54) is 5.56 Å². The quantitative estimate of drug-likeness (QED) is 0.856. The molecule has 2 nitrogen and oxygen atoms in total. The first-order chi connectivity index (χ1) is 8.68. The van der Waals surface area contributed by atoms with E-state index in [1.807, 2.05) is 12.1 Å². The molecule has 1 heterocycles. The Morgan fingerprint density at radius 3 is 2.89 bits per heavy atom. The summed E-state index contributed by atoms with van der Waals surface area (Å²) in [4.78, 5) is 0.256. The number of nitrogens with two attached hydrogens (primary N) is 1. The van der Waals surface area contributed by atoms with Crippen LogP contribution < -0.4 is 10.5 Å². The van der Waals surface area contributed by atoms with E-state index in [9.17, 15) is 0 Å². The number of rotatable bonds is 5. The van der Waals surface area contributed by atoms with E-state index in [0.29, 0.717) is 22.9 Å². The zero-order valence-electron chi connectivity index (χ0n) is 9.56. The van der Waals surface area contributed by atoms with Crippen LogP contribution in [0.1, 0.15) is 11.1 Å². The highest BCUT2D eigenvalue weighted by Crippen LogP contribution is 2.26. The van der Waals surface area contributed by atoms with Gasteiger partial charge in [-0.2, -0.15) is 11.3 Å². The van der Waals surface area contributed by atoms with E-state index < -0.39 is 0 Å². The van der Waals surface area contributed by atoms with Crippen molar-refractivity contribution in [3.63, 3.8) is 0 Å². The van der Waals surface area contributed by atoms with Crippen molar-refractivity contribution in [1.82, 2.24) is 0 Å². The molecule has 1 aromatic carbocycles. The molecular formula is C13H12ClNOS2. The highest BCUT2D eigenvalue weighted by molar-refractivity contribution is 7.80. The number of hydrogen-bond acceptors (Lipinski definition) is 3. The van der Waals surface area contributed by atoms with Gasteiger partial charge in [0, 0.05) is 6.42 Å². The molecule has 0 aliphatic heterocycles. The maximum atomic E-state index is 6.06. The molecule has 2 N–H and O–H groups in total. The van der Waals surface area contributed by atoms with E-state index in [2.05, 4.69) is 16.8 Å². The van der Waals surface area contributed by atoms with Gasteiger partial charge in [0.05, 0.1) is 17.2 Å². The summed E-state index contributed by atoms with van der Waals surface area (Å²) in [5.74, 6) is 0.644. The summed E-state index contributed by atoms with van der Waals surface area (Å²) >= 11 is 12.7. The lowest BCUT2D eigenvalue weighted by Crippen LogP contribution is -2.13. The van der Waals surface area contributed by atoms with Crippen molar-refractivity contribution in [2.75, 3.05) is 6.61 Å². The number of thiocarbonyl (C=S) groups is 1. The first-order valence-electron chi connectivity index (χ1n) is 5.40. The Balaban J connectivity index is 2.05. The second-order valence-corrected chi connectivity index (χ2v) is 5.33. The zero-order valence-corrected chi connectivity index (χ0v) is 11.9. The van der Waals surface area contributed by atoms with Gasteiger partial charge < -0.3 is 10.5 Å². The molecule has 18 heavy (non-hydrogen) atoms. The molecule has 0 aliphatic rings. The third-order valence-corrected chi connectivity index (χ3v) is 3.70. The van der Waals surface area contributed by atoms with Crippen molar-refractivity contribution in [2.24, 2.45) is 5.73 Å². The maximum Gasteiger partial charge on any atom is 0.130 e. The van der Waals surface area contributed by atoms with Gasteiger partial charge in [0.25, 0.3) is 0 Å². The van der Waals surface area contributed by atoms with Crippen LogP contribution in [0.25, 0.3) is 0 Å². The topological polar surface area (TPSA) is 35.2 Å². The molecule has 0 unspecified atom stereocenters. The molecule has 0 fully saturated rings. The van der Waals surface area contributed by atoms with E-state index in [1.54, 1.807) is 17.4 Å². The van der Waals surface area contributed by atoms with Crippen LogP contribution in [0.3, 0.4) is 0 Å². The Labute approximate surface area is 120 Å². The van der Waals surface area contributed by atoms with Crippen molar-refractivity contribution >= 4 is 40.1 Å². The fourth-order valence-electron chi connectivity index (χ4n) is 1.58. The first-order valence-corrected chi connectivity index (χ1v) is 7.13. The molecule has 0 atom stereocenters. The van der Waals surface area contributed by atoms with Crippen LogP contribution in [0.4, 0.5) is 0 Å². The molecule has 94 valence electrons. The molecule has 0 aliphatic carbocycles. The average molecular weight is 298 g/mol. The molecule has 0 saturated heterocycles. The van der Waals surface area contributed by atoms with Crippen molar-refractivity contribution in [3.05, 3.63) is 51.2 Å². The van der Waals surface area contributed by atoms with Gasteiger partial charge in [-0.25, -0.2) is 0 Å². The normalized spacial score (nSPS) is 10.3. The lowest BCUT2D eigenvalue weighted by molar-refractivity contribution is 0.321. The van der Waals surface area contributed by atoms with Gasteiger partial charge in [0.1, 0.15) is 10.7 Å². The summed E-state index contributed by atoms with van der Waals surface area (Å²) in [5.41, 5.74) is 7.52. The Morgan fingerprint density at radius 1 is 1.39 bits per heavy atom. The molecule has 0 spiro atoms. The van der Waals surface area contributed by atoms with Gasteiger partial charge in [-0.05, 0) is 34.5 Å². The third-order valence-electron chi connectivity index (χ3n) is 2.45. The second kappa shape index (κ2) is 6.18. The Hall–Kier alpha value is -1.10. The standard InChI is InChI=1S/C13H12ClNOS2/c14-10-2-1-3-11(12(10)13(15)17)16-6-4-9-5-7-18-8-9/h1-3,5,7-8H,4,6H2,(H2,15,17). The Bertz CT molecular complexity index is 540. The number of thiophene rings is 1. The van der Waals surface area contributed by atoms with Crippen molar-refractivity contribution in [1.29, 1.82) is 0 Å². The molecule has 0 saturated carbocycles. The lowest BCUT2D eigenvalue weighted by Gasteiger charge is -2.11. The number of halogens is 1. The minimum absolute atomic E-state index is 0.256. The van der Waals surface area contributed by atoms with Crippen LogP contribution in [-0.2, 0) is 6.42 Å². The highest BCUT2D eigenvalue weighted by atomic mass is 35.5. The van der Waals surface area contributed by atoms with E-state index in [-0.39, 0.29) is 4.99 Å². The molecule has 2 aromatic rings. The molecule has 0 bridgehead atoms. The van der Waals surface area contributed by atoms with Gasteiger partial charge in [0.15, 0.2) is 0 Å². The number of ether oxygens (including phenoxy) is 1. The predicted octanol–water partition coefficient (Wildman–Crippen LogP) is 3.66. The second-order valence-electron chi connectivity index (χ2n) is 3.71. The summed E-state index contributed by atoms with van der Waals surface area (Å²) < 4.78 is 5.71. The van der Waals surface area contributed by atoms with Crippen molar-refractivity contribution < 1.29 is 4.74 Å². The first kappa shape index (κ1) is 13.3. The Morgan fingerprint density at radius 2 is 2.22 bits per heavy atom. The average Bonchev–Trinajstić information content (AvgIpc) is 2.81. The van der Waals surface area contributed by atoms with Gasteiger partial charge in [-0.1, -0.05) is 29.9 Å². The van der Waals surface area contributed by atoms with Crippen LogP contribution in [0.15, 0.2) is 35.0 Å². The van der Waals surface area contributed by atoms with Gasteiger partial charge in [0.2, 0.25) is 0 Å². The number of benzene rings is 1. The maximum absolute atomic E-state index is 6.06. The minimum Gasteiger partial charge on any atom is -0.492 e. The van der Waals surface area contributed by atoms with Crippen LogP contribution in [-0.4, -0.2) is 11.6 Å². The molecular weight excluding hydrogens is 286 g/mol. The summed E-state index contributed by atoms with van der Waals surface area (Å²) in [6, 6.07) is 7.49. The smallest absolute Gasteiger partial charge is 0.130 e. The zero-order chi connectivity index (χ0) is 13.0. The van der Waals surface area contributed by atoms with Crippen molar-refractivity contribution in [3.8, 4) is 5.75 Å². The fourth-order valence-corrected chi connectivity index (χ4v) is 2.81. The number of hydrogen-bond donors (Lipinski definition) is 1. The molecule has 0 radical (unpaired) electrons. The van der Waals surface area contributed by atoms with Crippen molar-refractivity contribution in [2.45, 2.75) is 6.42 Å².